The molecule has 2 aromatic heterocycles. The van der Waals surface area contributed by atoms with Crippen LogP contribution in [0.25, 0.3) is 22.8 Å². The summed E-state index contributed by atoms with van der Waals surface area (Å²) >= 11 is 0. The molecule has 10 heteroatoms. The SMILES string of the molecule is CC(C)S(=O)(=O)c1ccc(-c2cncc(-c3nnc(C(=O)O)o3)n2)cc1. The maximum Gasteiger partial charge on any atom is 0.393 e. The van der Waals surface area contributed by atoms with Crippen LogP contribution >= 0.6 is 0 Å². The van der Waals surface area contributed by atoms with E-state index in [1.807, 2.05) is 0 Å². The predicted molar refractivity (Wildman–Crippen MR) is 90.0 cm³/mol. The Hall–Kier alpha value is -3.14. The molecule has 0 aliphatic carbocycles. The average Bonchev–Trinajstić information content (AvgIpc) is 3.12. The van der Waals surface area contributed by atoms with Gasteiger partial charge in [-0.25, -0.2) is 18.2 Å². The first kappa shape index (κ1) is 17.7. The number of nitrogens with zero attached hydrogens (tertiary/aromatic N) is 4. The highest BCUT2D eigenvalue weighted by molar-refractivity contribution is 7.92. The molecule has 0 saturated heterocycles. The smallest absolute Gasteiger partial charge is 0.393 e. The molecule has 1 N–H and O–H groups in total. The lowest BCUT2D eigenvalue weighted by Gasteiger charge is -2.08. The van der Waals surface area contributed by atoms with Crippen molar-refractivity contribution in [1.29, 1.82) is 0 Å². The first-order valence-corrected chi connectivity index (χ1v) is 9.07. The molecule has 26 heavy (non-hydrogen) atoms. The van der Waals surface area contributed by atoms with Crippen LogP contribution in [0, 0.1) is 0 Å². The van der Waals surface area contributed by atoms with Gasteiger partial charge in [0.05, 0.1) is 28.2 Å². The fourth-order valence-corrected chi connectivity index (χ4v) is 3.17. The second-order valence-electron chi connectivity index (χ2n) is 5.63. The number of rotatable bonds is 5. The fourth-order valence-electron chi connectivity index (χ4n) is 2.11. The van der Waals surface area contributed by atoms with Gasteiger partial charge < -0.3 is 9.52 Å². The second kappa shape index (κ2) is 6.64. The quantitative estimate of drug-likeness (QED) is 0.711. The number of benzene rings is 1. The van der Waals surface area contributed by atoms with E-state index < -0.39 is 26.9 Å². The Balaban J connectivity index is 1.94. The molecule has 9 nitrogen and oxygen atoms in total. The van der Waals surface area contributed by atoms with E-state index in [0.29, 0.717) is 11.3 Å². The van der Waals surface area contributed by atoms with Gasteiger partial charge in [-0.1, -0.05) is 12.1 Å². The van der Waals surface area contributed by atoms with Crippen molar-refractivity contribution >= 4 is 15.8 Å². The van der Waals surface area contributed by atoms with Gasteiger partial charge in [0.25, 0.3) is 5.89 Å². The van der Waals surface area contributed by atoms with E-state index in [9.17, 15) is 13.2 Å². The van der Waals surface area contributed by atoms with Gasteiger partial charge >= 0.3 is 11.9 Å². The van der Waals surface area contributed by atoms with Crippen molar-refractivity contribution in [3.05, 3.63) is 42.5 Å². The van der Waals surface area contributed by atoms with Crippen LogP contribution in [0.1, 0.15) is 24.5 Å². The van der Waals surface area contributed by atoms with Crippen LogP contribution in [0.4, 0.5) is 0 Å². The van der Waals surface area contributed by atoms with Crippen LogP contribution in [0.2, 0.25) is 0 Å². The highest BCUT2D eigenvalue weighted by atomic mass is 32.2. The van der Waals surface area contributed by atoms with E-state index in [-0.39, 0.29) is 16.5 Å². The molecule has 2 heterocycles. The molecule has 0 fully saturated rings. The molecular formula is C16H14N4O5S. The van der Waals surface area contributed by atoms with E-state index in [2.05, 4.69) is 20.2 Å². The zero-order valence-electron chi connectivity index (χ0n) is 13.8. The topological polar surface area (TPSA) is 136 Å². The van der Waals surface area contributed by atoms with Crippen molar-refractivity contribution in [2.24, 2.45) is 0 Å². The Morgan fingerprint density at radius 3 is 2.31 bits per heavy atom. The van der Waals surface area contributed by atoms with E-state index in [1.54, 1.807) is 26.0 Å². The molecule has 0 bridgehead atoms. The van der Waals surface area contributed by atoms with Gasteiger partial charge in [-0.05, 0) is 26.0 Å². The average molecular weight is 374 g/mol. The van der Waals surface area contributed by atoms with Crippen molar-refractivity contribution in [3.8, 4) is 22.8 Å². The number of aromatic carboxylic acids is 1. The molecule has 0 radical (unpaired) electrons. The minimum absolute atomic E-state index is 0.0734. The van der Waals surface area contributed by atoms with E-state index in [1.165, 1.54) is 24.5 Å². The molecule has 0 unspecified atom stereocenters. The van der Waals surface area contributed by atoms with Gasteiger partial charge in [-0.3, -0.25) is 4.98 Å². The minimum atomic E-state index is -3.36. The highest BCUT2D eigenvalue weighted by Crippen LogP contribution is 2.23. The van der Waals surface area contributed by atoms with Crippen LogP contribution in [0.3, 0.4) is 0 Å². The van der Waals surface area contributed by atoms with Crippen molar-refractivity contribution in [2.75, 3.05) is 0 Å². The largest absolute Gasteiger partial charge is 0.474 e. The lowest BCUT2D eigenvalue weighted by atomic mass is 10.1. The Kier molecular flexibility index (Phi) is 4.51. The molecule has 134 valence electrons. The third-order valence-corrected chi connectivity index (χ3v) is 5.73. The second-order valence-corrected chi connectivity index (χ2v) is 8.13. The number of carboxylic acid groups (broad SMARTS) is 1. The van der Waals surface area contributed by atoms with E-state index in [0.717, 1.165) is 0 Å². The number of carboxylic acids is 1. The van der Waals surface area contributed by atoms with Crippen LogP contribution in [-0.4, -0.2) is 44.9 Å². The van der Waals surface area contributed by atoms with E-state index in [4.69, 9.17) is 9.52 Å². The Bertz CT molecular complexity index is 1060. The third-order valence-electron chi connectivity index (χ3n) is 3.56. The molecule has 3 aromatic rings. The number of hydrogen-bond acceptors (Lipinski definition) is 8. The molecule has 0 saturated carbocycles. The molecule has 0 spiro atoms. The van der Waals surface area contributed by atoms with E-state index >= 15 is 0 Å². The van der Waals surface area contributed by atoms with Crippen LogP contribution in [0.5, 0.6) is 0 Å². The summed E-state index contributed by atoms with van der Waals surface area (Å²) in [6, 6.07) is 6.27. The lowest BCUT2D eigenvalue weighted by Crippen LogP contribution is -2.13. The summed E-state index contributed by atoms with van der Waals surface area (Å²) in [5, 5.41) is 15.3. The van der Waals surface area contributed by atoms with Crippen molar-refractivity contribution in [2.45, 2.75) is 24.0 Å². The number of sulfone groups is 1. The summed E-state index contributed by atoms with van der Waals surface area (Å²) in [4.78, 5) is 19.4. The number of carbonyl (C=O) groups is 1. The van der Waals surface area contributed by atoms with Crippen molar-refractivity contribution < 1.29 is 22.7 Å². The molecule has 0 amide bonds. The fraction of sp³-hybridized carbons (Fsp3) is 0.188. The molecule has 0 aliphatic heterocycles. The van der Waals surface area contributed by atoms with Gasteiger partial charge in [-0.2, -0.15) is 0 Å². The molecule has 0 aliphatic rings. The van der Waals surface area contributed by atoms with Crippen molar-refractivity contribution in [1.82, 2.24) is 20.2 Å². The lowest BCUT2D eigenvalue weighted by molar-refractivity contribution is 0.0654. The molecule has 0 atom stereocenters. The number of hydrogen-bond donors (Lipinski definition) is 1. The molecule has 3 rings (SSSR count). The predicted octanol–water partition coefficient (Wildman–Crippen LogP) is 2.07. The van der Waals surface area contributed by atoms with Gasteiger partial charge in [0.1, 0.15) is 5.69 Å². The number of aromatic nitrogens is 4. The maximum atomic E-state index is 12.2. The monoisotopic (exact) mass is 374 g/mol. The van der Waals surface area contributed by atoms with Gasteiger partial charge in [0, 0.05) is 5.56 Å². The summed E-state index contributed by atoms with van der Waals surface area (Å²) < 4.78 is 29.4. The van der Waals surface area contributed by atoms with Crippen molar-refractivity contribution in [3.63, 3.8) is 0 Å². The summed E-state index contributed by atoms with van der Waals surface area (Å²) in [6.45, 7) is 3.24. The van der Waals surface area contributed by atoms with Gasteiger partial charge in [0.2, 0.25) is 0 Å². The first-order valence-electron chi connectivity index (χ1n) is 7.52. The third kappa shape index (κ3) is 3.31. The van der Waals surface area contributed by atoms with Crippen LogP contribution < -0.4 is 0 Å². The molecular weight excluding hydrogens is 360 g/mol. The maximum absolute atomic E-state index is 12.2. The Morgan fingerprint density at radius 2 is 1.73 bits per heavy atom. The van der Waals surface area contributed by atoms with Crippen LogP contribution in [-0.2, 0) is 9.84 Å². The Morgan fingerprint density at radius 1 is 1.08 bits per heavy atom. The molecule has 1 aromatic carbocycles. The first-order chi connectivity index (χ1) is 12.3. The highest BCUT2D eigenvalue weighted by Gasteiger charge is 2.19. The van der Waals surface area contributed by atoms with Gasteiger partial charge in [-0.15, -0.1) is 10.2 Å². The summed E-state index contributed by atoms with van der Waals surface area (Å²) in [6.07, 6.45) is 2.85. The zero-order chi connectivity index (χ0) is 18.9. The van der Waals surface area contributed by atoms with Crippen LogP contribution in [0.15, 0.2) is 46.0 Å². The summed E-state index contributed by atoms with van der Waals surface area (Å²) in [5.74, 6) is -1.96. The normalized spacial score (nSPS) is 11.7. The standard InChI is InChI=1S/C16H14N4O5S/c1-9(2)26(23,24)11-5-3-10(4-6-11)12-7-17-8-13(18-12)14-19-20-15(25-14)16(21)22/h3-9H,1-2H3,(H,21,22). The Labute approximate surface area is 148 Å². The van der Waals surface area contributed by atoms with Gasteiger partial charge in [0.15, 0.2) is 9.84 Å². The summed E-state index contributed by atoms with van der Waals surface area (Å²) in [7, 11) is -3.36. The minimum Gasteiger partial charge on any atom is -0.474 e. The summed E-state index contributed by atoms with van der Waals surface area (Å²) in [5.41, 5.74) is 1.30. The zero-order valence-corrected chi connectivity index (χ0v) is 14.6.